The molecule has 0 aliphatic heterocycles. The summed E-state index contributed by atoms with van der Waals surface area (Å²) >= 11 is 0. The first-order chi connectivity index (χ1) is 5.04. The van der Waals surface area contributed by atoms with Crippen LogP contribution in [0.25, 0.3) is 0 Å². The Hall–Kier alpha value is 0. The molecular weight excluding hydrogens is 132 g/mol. The molecule has 1 radical (unpaired) electrons. The fourth-order valence-electron chi connectivity index (χ4n) is 2.40. The third-order valence-electron chi connectivity index (χ3n) is 3.88. The summed E-state index contributed by atoms with van der Waals surface area (Å²) < 4.78 is 0. The molecular formula is C11H21. The van der Waals surface area contributed by atoms with Crippen LogP contribution in [0.3, 0.4) is 0 Å². The van der Waals surface area contributed by atoms with Crippen LogP contribution in [0, 0.1) is 36.5 Å². The van der Waals surface area contributed by atoms with Crippen LogP contribution in [0.1, 0.15) is 34.1 Å². The van der Waals surface area contributed by atoms with E-state index in [2.05, 4.69) is 34.6 Å². The second-order valence-corrected chi connectivity index (χ2v) is 4.57. The van der Waals surface area contributed by atoms with Crippen molar-refractivity contribution in [2.24, 2.45) is 29.6 Å². The van der Waals surface area contributed by atoms with Crippen molar-refractivity contribution >= 4 is 0 Å². The highest BCUT2D eigenvalue weighted by Crippen LogP contribution is 2.40. The zero-order chi connectivity index (χ0) is 8.59. The first-order valence-corrected chi connectivity index (χ1v) is 4.87. The number of hydrogen-bond acceptors (Lipinski definition) is 0. The average Bonchev–Trinajstić information content (AvgIpc) is 1.97. The zero-order valence-corrected chi connectivity index (χ0v) is 8.30. The molecule has 1 aliphatic rings. The lowest BCUT2D eigenvalue weighted by Gasteiger charge is -2.41. The summed E-state index contributed by atoms with van der Waals surface area (Å²) in [4.78, 5) is 0. The minimum Gasteiger partial charge on any atom is -0.0622 e. The minimum absolute atomic E-state index is 0.682. The van der Waals surface area contributed by atoms with Gasteiger partial charge in [0.05, 0.1) is 0 Å². The summed E-state index contributed by atoms with van der Waals surface area (Å²) in [6.45, 7) is 13.7. The van der Waals surface area contributed by atoms with Gasteiger partial charge in [0.25, 0.3) is 0 Å². The first kappa shape index (κ1) is 9.09. The molecule has 11 heavy (non-hydrogen) atoms. The molecule has 0 spiro atoms. The van der Waals surface area contributed by atoms with Gasteiger partial charge in [0.15, 0.2) is 0 Å². The maximum absolute atomic E-state index is 4.24. The lowest BCUT2D eigenvalue weighted by molar-refractivity contribution is 0.101. The Kier molecular flexibility index (Phi) is 2.61. The Morgan fingerprint density at radius 1 is 0.909 bits per heavy atom. The van der Waals surface area contributed by atoms with E-state index < -0.39 is 0 Å². The van der Waals surface area contributed by atoms with Crippen molar-refractivity contribution in [2.75, 3.05) is 0 Å². The lowest BCUT2D eigenvalue weighted by Crippen LogP contribution is -2.33. The first-order valence-electron chi connectivity index (χ1n) is 4.87. The van der Waals surface area contributed by atoms with E-state index in [-0.39, 0.29) is 0 Å². The van der Waals surface area contributed by atoms with Gasteiger partial charge >= 0.3 is 0 Å². The minimum atomic E-state index is 0.682. The Bertz CT molecular complexity index is 114. The summed E-state index contributed by atoms with van der Waals surface area (Å²) in [7, 11) is 0. The molecule has 0 aromatic heterocycles. The van der Waals surface area contributed by atoms with Crippen LogP contribution in [0.2, 0.25) is 0 Å². The molecule has 0 aromatic rings. The van der Waals surface area contributed by atoms with Gasteiger partial charge in [-0.15, -0.1) is 0 Å². The normalized spacial score (nSPS) is 52.6. The molecule has 0 aromatic carbocycles. The number of rotatable bonds is 0. The van der Waals surface area contributed by atoms with Gasteiger partial charge in [-0.3, -0.25) is 0 Å². The second-order valence-electron chi connectivity index (χ2n) is 4.57. The van der Waals surface area contributed by atoms with E-state index in [4.69, 9.17) is 0 Å². The van der Waals surface area contributed by atoms with Crippen molar-refractivity contribution < 1.29 is 0 Å². The molecule has 0 N–H and O–H groups in total. The highest BCUT2D eigenvalue weighted by Gasteiger charge is 2.33. The van der Waals surface area contributed by atoms with Crippen LogP contribution < -0.4 is 0 Å². The van der Waals surface area contributed by atoms with Crippen LogP contribution in [0.4, 0.5) is 0 Å². The predicted octanol–water partition coefficient (Wildman–Crippen LogP) is 3.38. The maximum atomic E-state index is 4.24. The van der Waals surface area contributed by atoms with Crippen molar-refractivity contribution in [1.29, 1.82) is 0 Å². The molecule has 0 nitrogen and oxygen atoms in total. The molecule has 0 heterocycles. The Labute approximate surface area is 71.4 Å². The standard InChI is InChI=1S/C11H21/c1-7-6-8(2)10(4)11(5)9(7)3/h7-11H,3,6H2,1-2,4-5H3. The van der Waals surface area contributed by atoms with Crippen LogP contribution in [0.5, 0.6) is 0 Å². The average molecular weight is 153 g/mol. The summed E-state index contributed by atoms with van der Waals surface area (Å²) in [6.07, 6.45) is 1.37. The molecule has 0 heteroatoms. The van der Waals surface area contributed by atoms with Crippen LogP contribution in [-0.2, 0) is 0 Å². The third-order valence-corrected chi connectivity index (χ3v) is 3.88. The quantitative estimate of drug-likeness (QED) is 0.500. The smallest absolute Gasteiger partial charge is 0.0360 e. The highest BCUT2D eigenvalue weighted by molar-refractivity contribution is 4.86. The number of hydrogen-bond donors (Lipinski definition) is 0. The van der Waals surface area contributed by atoms with Gasteiger partial charge in [0.2, 0.25) is 0 Å². The summed E-state index contributed by atoms with van der Waals surface area (Å²) in [5.41, 5.74) is 0. The predicted molar refractivity (Wildman–Crippen MR) is 50.1 cm³/mol. The maximum Gasteiger partial charge on any atom is -0.0360 e. The van der Waals surface area contributed by atoms with Crippen LogP contribution in [-0.4, -0.2) is 0 Å². The molecule has 1 rings (SSSR count). The molecule has 1 fully saturated rings. The topological polar surface area (TPSA) is 0 Å². The Morgan fingerprint density at radius 2 is 1.45 bits per heavy atom. The van der Waals surface area contributed by atoms with Crippen LogP contribution in [0.15, 0.2) is 0 Å². The van der Waals surface area contributed by atoms with Gasteiger partial charge < -0.3 is 0 Å². The van der Waals surface area contributed by atoms with Crippen molar-refractivity contribution in [2.45, 2.75) is 34.1 Å². The van der Waals surface area contributed by atoms with Crippen molar-refractivity contribution in [3.8, 4) is 0 Å². The van der Waals surface area contributed by atoms with E-state index in [9.17, 15) is 0 Å². The van der Waals surface area contributed by atoms with E-state index in [1.165, 1.54) is 6.42 Å². The molecule has 0 amide bonds. The van der Waals surface area contributed by atoms with E-state index in [1.54, 1.807) is 0 Å². The van der Waals surface area contributed by atoms with Crippen LogP contribution >= 0.6 is 0 Å². The Balaban J connectivity index is 2.63. The van der Waals surface area contributed by atoms with Gasteiger partial charge in [0, 0.05) is 0 Å². The third kappa shape index (κ3) is 1.60. The molecule has 1 aliphatic carbocycles. The Morgan fingerprint density at radius 3 is 2.00 bits per heavy atom. The largest absolute Gasteiger partial charge is 0.0622 e. The molecule has 0 saturated heterocycles. The van der Waals surface area contributed by atoms with Crippen molar-refractivity contribution in [3.05, 3.63) is 6.92 Å². The zero-order valence-electron chi connectivity index (χ0n) is 8.30. The SMILES string of the molecule is [CH2]C1C(C)CC(C)C(C)C1C. The lowest BCUT2D eigenvalue weighted by atomic mass is 9.65. The fourth-order valence-corrected chi connectivity index (χ4v) is 2.40. The van der Waals surface area contributed by atoms with Crippen molar-refractivity contribution in [1.82, 2.24) is 0 Å². The highest BCUT2D eigenvalue weighted by atomic mass is 14.4. The summed E-state index contributed by atoms with van der Waals surface area (Å²) in [5.74, 6) is 4.10. The molecule has 1 saturated carbocycles. The molecule has 5 atom stereocenters. The fraction of sp³-hybridized carbons (Fsp3) is 0.909. The second kappa shape index (κ2) is 3.16. The van der Waals surface area contributed by atoms with E-state index >= 15 is 0 Å². The van der Waals surface area contributed by atoms with E-state index in [0.29, 0.717) is 5.92 Å². The van der Waals surface area contributed by atoms with Crippen molar-refractivity contribution in [3.63, 3.8) is 0 Å². The molecule has 65 valence electrons. The van der Waals surface area contributed by atoms with E-state index in [1.807, 2.05) is 0 Å². The molecule has 0 bridgehead atoms. The summed E-state index contributed by atoms with van der Waals surface area (Å²) in [5, 5.41) is 0. The monoisotopic (exact) mass is 153 g/mol. The summed E-state index contributed by atoms with van der Waals surface area (Å²) in [6, 6.07) is 0. The van der Waals surface area contributed by atoms with Gasteiger partial charge in [0.1, 0.15) is 0 Å². The molecule has 5 unspecified atom stereocenters. The van der Waals surface area contributed by atoms with E-state index in [0.717, 1.165) is 23.7 Å². The van der Waals surface area contributed by atoms with Gasteiger partial charge in [-0.25, -0.2) is 0 Å². The van der Waals surface area contributed by atoms with Gasteiger partial charge in [-0.05, 0) is 42.9 Å². The van der Waals surface area contributed by atoms with Gasteiger partial charge in [-0.1, -0.05) is 27.7 Å². The van der Waals surface area contributed by atoms with Gasteiger partial charge in [-0.2, -0.15) is 0 Å².